The quantitative estimate of drug-likeness (QED) is 0.0503. The molecule has 0 spiro atoms. The zero-order valence-corrected chi connectivity index (χ0v) is 25.3. The second-order valence-electron chi connectivity index (χ2n) is 9.41. The minimum Gasteiger partial charge on any atom is -1.00 e. The predicted octanol–water partition coefficient (Wildman–Crippen LogP) is -3.97. The lowest BCUT2D eigenvalue weighted by atomic mass is 10.1. The van der Waals surface area contributed by atoms with Crippen molar-refractivity contribution >= 4 is 23.2 Å². The fourth-order valence-corrected chi connectivity index (χ4v) is 4.45. The third-order valence-electron chi connectivity index (χ3n) is 7.70. The van der Waals surface area contributed by atoms with Crippen molar-refractivity contribution in [2.24, 2.45) is 4.99 Å². The fraction of sp³-hybridized carbons (Fsp3) is 0.500. The highest BCUT2D eigenvalue weighted by molar-refractivity contribution is 5.79. The van der Waals surface area contributed by atoms with Gasteiger partial charge >= 0.3 is 0 Å². The number of hydrogen-bond donors (Lipinski definition) is 3. The standard InChI is InChI=1S/C28H46N6O2.2ClH/c1-7-33(8-2,9-3)21-27(35)29-23-13-17-25(18-14-23)31-32-26-19-15-24(16-20-26)30-28(36)22-34(10-4,11-5)12-6;;/h13-20,31H,7-12,21-22,32H2,1-6H3,(H-,29,30,35,36);2*1H/p-2. The Morgan fingerprint density at radius 1 is 0.816 bits per heavy atom. The number of carbonyl (C=O) groups is 1. The first-order valence-corrected chi connectivity index (χ1v) is 13.3. The Bertz CT molecular complexity index is 882. The molecule has 1 aromatic carbocycles. The van der Waals surface area contributed by atoms with Gasteiger partial charge in [0.25, 0.3) is 5.91 Å². The van der Waals surface area contributed by atoms with Gasteiger partial charge in [0.05, 0.1) is 50.6 Å². The maximum atomic E-state index is 12.5. The molecule has 0 radical (unpaired) electrons. The largest absolute Gasteiger partial charge is 1.00 e. The number of benzene rings is 1. The van der Waals surface area contributed by atoms with Gasteiger partial charge in [-0.25, -0.2) is 17.6 Å². The number of nitrogens with zero attached hydrogens (tertiary/aromatic N) is 3. The van der Waals surface area contributed by atoms with E-state index in [2.05, 4.69) is 57.3 Å². The highest BCUT2D eigenvalue weighted by Gasteiger charge is 2.24. The molecule has 0 saturated heterocycles. The second kappa shape index (κ2) is 17.3. The number of amides is 1. The zero-order chi connectivity index (χ0) is 26.6. The molecule has 216 valence electrons. The van der Waals surface area contributed by atoms with E-state index in [1.165, 1.54) is 0 Å². The Hall–Kier alpha value is -2.36. The molecule has 0 unspecified atom stereocenters. The maximum Gasteiger partial charge on any atom is 0.267 e. The van der Waals surface area contributed by atoms with E-state index < -0.39 is 0 Å². The number of nitrogen functional groups attached to an aromatic ring is 1. The van der Waals surface area contributed by atoms with Gasteiger partial charge in [-0.15, -0.1) is 0 Å². The molecular formula is C28H46Cl2N6O2-2. The number of nitrogens with two attached hydrogens (primary N) is 1. The number of carbonyl (C=O) groups excluding carboxylic acids is 1. The van der Waals surface area contributed by atoms with Gasteiger partial charge in [0.2, 0.25) is 0 Å². The van der Waals surface area contributed by atoms with Gasteiger partial charge in [0.1, 0.15) is 6.54 Å². The van der Waals surface area contributed by atoms with Crippen molar-refractivity contribution in [1.29, 1.82) is 0 Å². The van der Waals surface area contributed by atoms with Crippen LogP contribution < -0.4 is 46.1 Å². The van der Waals surface area contributed by atoms with Crippen LogP contribution in [0, 0.1) is 12.1 Å². The van der Waals surface area contributed by atoms with E-state index in [4.69, 9.17) is 0 Å². The van der Waals surface area contributed by atoms with Crippen molar-refractivity contribution < 1.29 is 49.1 Å². The predicted molar refractivity (Wildman–Crippen MR) is 145 cm³/mol. The van der Waals surface area contributed by atoms with Crippen LogP contribution in [0.2, 0.25) is 0 Å². The first-order valence-electron chi connectivity index (χ1n) is 13.3. The molecule has 1 aliphatic carbocycles. The molecule has 1 amide bonds. The number of quaternary nitrogens is 3. The van der Waals surface area contributed by atoms with E-state index >= 15 is 0 Å². The van der Waals surface area contributed by atoms with Crippen LogP contribution >= 0.6 is 0 Å². The van der Waals surface area contributed by atoms with E-state index in [-0.39, 0.29) is 36.6 Å². The monoisotopic (exact) mass is 568 g/mol. The van der Waals surface area contributed by atoms with Crippen LogP contribution in [0.25, 0.3) is 0 Å². The summed E-state index contributed by atoms with van der Waals surface area (Å²) in [5, 5.41) is 15.5. The summed E-state index contributed by atoms with van der Waals surface area (Å²) in [6.45, 7) is 19.3. The number of halogens is 2. The molecule has 0 saturated carbocycles. The van der Waals surface area contributed by atoms with Gasteiger partial charge in [-0.1, -0.05) is 6.04 Å². The van der Waals surface area contributed by atoms with Gasteiger partial charge in [0.15, 0.2) is 6.54 Å². The summed E-state index contributed by atoms with van der Waals surface area (Å²) in [7, 11) is 0. The van der Waals surface area contributed by atoms with Crippen LogP contribution in [0.1, 0.15) is 41.5 Å². The van der Waals surface area contributed by atoms with E-state index in [0.29, 0.717) is 18.8 Å². The SMILES string of the molecule is CC[N+](CC)(CC)CC(=O)N[C-]1C=C[C-]([NH2+]Nc2ccc(N=C([O-])C[N+](CC)(CC)CC)cc2)C=C1.[Cl-].[Cl-]. The molecule has 2 rings (SSSR count). The Labute approximate surface area is 242 Å². The number of aliphatic imine (C=N–C) groups is 1. The Kier molecular flexibility index (Phi) is 16.2. The average Bonchev–Trinajstić information content (AvgIpc) is 2.91. The van der Waals surface area contributed by atoms with Crippen molar-refractivity contribution in [2.45, 2.75) is 41.5 Å². The summed E-state index contributed by atoms with van der Waals surface area (Å²) < 4.78 is 1.55. The Morgan fingerprint density at radius 3 is 1.76 bits per heavy atom. The van der Waals surface area contributed by atoms with Crippen LogP contribution in [-0.2, 0) is 4.79 Å². The summed E-state index contributed by atoms with van der Waals surface area (Å²) in [4.78, 5) is 16.8. The molecular weight excluding hydrogens is 523 g/mol. The molecule has 0 atom stereocenters. The third-order valence-corrected chi connectivity index (χ3v) is 7.70. The average molecular weight is 570 g/mol. The highest BCUT2D eigenvalue weighted by atomic mass is 35.5. The van der Waals surface area contributed by atoms with Crippen molar-refractivity contribution in [1.82, 2.24) is 5.32 Å². The molecule has 0 fully saturated rings. The maximum absolute atomic E-state index is 12.5. The van der Waals surface area contributed by atoms with Gasteiger partial charge < -0.3 is 44.2 Å². The molecule has 0 aliphatic heterocycles. The first kappa shape index (κ1) is 35.6. The lowest BCUT2D eigenvalue weighted by molar-refractivity contribution is -0.916. The summed E-state index contributed by atoms with van der Waals surface area (Å²) in [5.74, 6) is -0.0353. The van der Waals surface area contributed by atoms with Crippen LogP contribution in [0.4, 0.5) is 11.4 Å². The second-order valence-corrected chi connectivity index (χ2v) is 9.41. The molecule has 1 aromatic rings. The molecule has 10 heteroatoms. The van der Waals surface area contributed by atoms with Crippen molar-refractivity contribution in [3.63, 3.8) is 0 Å². The number of rotatable bonds is 15. The smallest absolute Gasteiger partial charge is 0.267 e. The van der Waals surface area contributed by atoms with Gasteiger partial charge in [0, 0.05) is 5.90 Å². The van der Waals surface area contributed by atoms with Gasteiger partial charge in [-0.3, -0.25) is 27.4 Å². The summed E-state index contributed by atoms with van der Waals surface area (Å²) in [6, 6.07) is 9.33. The van der Waals surface area contributed by atoms with Crippen LogP contribution in [0.3, 0.4) is 0 Å². The Balaban J connectivity index is 0.00000684. The number of anilines is 1. The van der Waals surface area contributed by atoms with Crippen molar-refractivity contribution in [2.75, 3.05) is 57.8 Å². The highest BCUT2D eigenvalue weighted by Crippen LogP contribution is 2.17. The third kappa shape index (κ3) is 10.4. The van der Waals surface area contributed by atoms with Gasteiger partial charge in [-0.2, -0.15) is 6.04 Å². The lowest BCUT2D eigenvalue weighted by Crippen LogP contribution is -3.00. The van der Waals surface area contributed by atoms with Crippen molar-refractivity contribution in [3.8, 4) is 0 Å². The van der Waals surface area contributed by atoms with Crippen LogP contribution in [0.5, 0.6) is 0 Å². The number of likely N-dealkylation sites (N-methyl/N-ethyl adjacent to an activating group) is 2. The van der Waals surface area contributed by atoms with Gasteiger partial charge in [-0.05, 0) is 65.8 Å². The molecule has 0 heterocycles. The number of hydrogen-bond acceptors (Lipinski definition) is 4. The van der Waals surface area contributed by atoms with E-state index in [9.17, 15) is 9.90 Å². The zero-order valence-electron chi connectivity index (χ0n) is 23.8. The summed E-state index contributed by atoms with van der Waals surface area (Å²) in [5.41, 5.74) is 6.76. The molecule has 4 N–H and O–H groups in total. The molecule has 8 nitrogen and oxygen atoms in total. The minimum absolute atomic E-state index is 0. The molecule has 0 bridgehead atoms. The summed E-state index contributed by atoms with van der Waals surface area (Å²) >= 11 is 0. The first-order chi connectivity index (χ1) is 17.3. The molecule has 38 heavy (non-hydrogen) atoms. The van der Waals surface area contributed by atoms with Crippen LogP contribution in [0.15, 0.2) is 53.6 Å². The van der Waals surface area contributed by atoms with Crippen molar-refractivity contribution in [3.05, 3.63) is 60.7 Å². The molecule has 0 aromatic heterocycles. The van der Waals surface area contributed by atoms with E-state index in [1.807, 2.05) is 54.0 Å². The minimum atomic E-state index is -0.0799. The molecule has 1 aliphatic rings. The lowest BCUT2D eigenvalue weighted by Gasteiger charge is -2.37. The topological polar surface area (TPSA) is 93.2 Å². The summed E-state index contributed by atoms with van der Waals surface area (Å²) in [6.07, 6.45) is 7.76. The normalized spacial score (nSPS) is 13.6. The van der Waals surface area contributed by atoms with E-state index in [0.717, 1.165) is 66.0 Å². The number of nitrogens with one attached hydrogen (secondary N) is 2. The van der Waals surface area contributed by atoms with Crippen LogP contribution in [-0.4, -0.2) is 73.1 Å². The Morgan fingerprint density at radius 2 is 1.29 bits per heavy atom. The van der Waals surface area contributed by atoms with E-state index in [1.54, 1.807) is 0 Å². The fourth-order valence-electron chi connectivity index (χ4n) is 4.45.